The Kier molecular flexibility index (Phi) is 7.76. The highest BCUT2D eigenvalue weighted by molar-refractivity contribution is 5.45. The molecule has 2 aliphatic rings. The van der Waals surface area contributed by atoms with Crippen LogP contribution >= 0.6 is 0 Å². The SMILES string of the molecule is C=C(O)/C(CN)=C1/CCOCC1=C(C)C.CCC1CCC1. The number of aliphatic hydroxyl groups excluding tert-OH is 1. The molecule has 0 unspecified atom stereocenters. The third-order valence-electron chi connectivity index (χ3n) is 4.43. The summed E-state index contributed by atoms with van der Waals surface area (Å²) >= 11 is 0. The first-order chi connectivity index (χ1) is 10.0. The molecule has 3 nitrogen and oxygen atoms in total. The van der Waals surface area contributed by atoms with Crippen molar-refractivity contribution in [1.82, 2.24) is 0 Å². The normalized spacial score (nSPS) is 21.0. The summed E-state index contributed by atoms with van der Waals surface area (Å²) in [6.45, 7) is 11.5. The van der Waals surface area contributed by atoms with Gasteiger partial charge in [-0.05, 0) is 37.3 Å². The Balaban J connectivity index is 0.000000304. The average molecular weight is 293 g/mol. The van der Waals surface area contributed by atoms with Gasteiger partial charge in [-0.2, -0.15) is 0 Å². The van der Waals surface area contributed by atoms with Crippen molar-refractivity contribution in [1.29, 1.82) is 0 Å². The van der Waals surface area contributed by atoms with Crippen LogP contribution in [0.3, 0.4) is 0 Å². The van der Waals surface area contributed by atoms with Crippen LogP contribution in [0.1, 0.15) is 52.9 Å². The molecular formula is C18H31NO2. The van der Waals surface area contributed by atoms with E-state index < -0.39 is 0 Å². The number of hydrogen-bond acceptors (Lipinski definition) is 3. The lowest BCUT2D eigenvalue weighted by Gasteiger charge is -2.23. The summed E-state index contributed by atoms with van der Waals surface area (Å²) in [5, 5.41) is 9.47. The summed E-state index contributed by atoms with van der Waals surface area (Å²) in [5.41, 5.74) is 9.85. The first-order valence-corrected chi connectivity index (χ1v) is 8.06. The first kappa shape index (κ1) is 18.0. The van der Waals surface area contributed by atoms with Gasteiger partial charge in [-0.3, -0.25) is 0 Å². The van der Waals surface area contributed by atoms with E-state index in [1.807, 2.05) is 13.8 Å². The molecule has 0 aromatic heterocycles. The highest BCUT2D eigenvalue weighted by Gasteiger charge is 2.18. The molecule has 0 radical (unpaired) electrons. The highest BCUT2D eigenvalue weighted by Crippen LogP contribution is 2.28. The van der Waals surface area contributed by atoms with Gasteiger partial charge >= 0.3 is 0 Å². The van der Waals surface area contributed by atoms with E-state index in [0.29, 0.717) is 19.8 Å². The molecule has 0 amide bonds. The molecule has 2 rings (SSSR count). The number of rotatable bonds is 3. The van der Waals surface area contributed by atoms with Gasteiger partial charge in [-0.1, -0.05) is 44.8 Å². The second kappa shape index (κ2) is 9.06. The molecule has 0 atom stereocenters. The Labute approximate surface area is 129 Å². The van der Waals surface area contributed by atoms with Crippen molar-refractivity contribution in [3.8, 4) is 0 Å². The highest BCUT2D eigenvalue weighted by atomic mass is 16.5. The van der Waals surface area contributed by atoms with Crippen molar-refractivity contribution >= 4 is 0 Å². The van der Waals surface area contributed by atoms with Gasteiger partial charge in [0.1, 0.15) is 5.76 Å². The third-order valence-corrected chi connectivity index (χ3v) is 4.43. The topological polar surface area (TPSA) is 55.5 Å². The number of ether oxygens (including phenoxy) is 1. The monoisotopic (exact) mass is 293 g/mol. The summed E-state index contributed by atoms with van der Waals surface area (Å²) in [7, 11) is 0. The number of hydrogen-bond donors (Lipinski definition) is 2. The molecule has 1 aliphatic heterocycles. The van der Waals surface area contributed by atoms with Crippen molar-refractivity contribution in [3.63, 3.8) is 0 Å². The molecule has 21 heavy (non-hydrogen) atoms. The Morgan fingerprint density at radius 1 is 1.33 bits per heavy atom. The summed E-state index contributed by atoms with van der Waals surface area (Å²) in [6.07, 6.45) is 6.73. The smallest absolute Gasteiger partial charge is 0.113 e. The summed E-state index contributed by atoms with van der Waals surface area (Å²) in [6, 6.07) is 0. The second-order valence-electron chi connectivity index (χ2n) is 6.09. The Morgan fingerprint density at radius 3 is 2.33 bits per heavy atom. The molecule has 0 aromatic rings. The van der Waals surface area contributed by atoms with Crippen LogP contribution in [-0.4, -0.2) is 24.9 Å². The van der Waals surface area contributed by atoms with Gasteiger partial charge in [-0.25, -0.2) is 0 Å². The quantitative estimate of drug-likeness (QED) is 0.764. The minimum absolute atomic E-state index is 0.0770. The zero-order valence-corrected chi connectivity index (χ0v) is 13.9. The van der Waals surface area contributed by atoms with Crippen LogP contribution in [0.5, 0.6) is 0 Å². The van der Waals surface area contributed by atoms with Crippen LogP contribution in [0.25, 0.3) is 0 Å². The zero-order chi connectivity index (χ0) is 15.8. The van der Waals surface area contributed by atoms with Crippen molar-refractivity contribution in [2.45, 2.75) is 52.9 Å². The van der Waals surface area contributed by atoms with E-state index in [4.69, 9.17) is 10.5 Å². The van der Waals surface area contributed by atoms with E-state index in [1.54, 1.807) is 0 Å². The predicted molar refractivity (Wildman–Crippen MR) is 89.3 cm³/mol. The second-order valence-corrected chi connectivity index (χ2v) is 6.09. The van der Waals surface area contributed by atoms with Crippen LogP contribution in [0, 0.1) is 5.92 Å². The van der Waals surface area contributed by atoms with Crippen molar-refractivity contribution in [2.24, 2.45) is 11.7 Å². The molecule has 0 bridgehead atoms. The molecule has 1 saturated heterocycles. The van der Waals surface area contributed by atoms with Gasteiger partial charge in [0, 0.05) is 12.1 Å². The van der Waals surface area contributed by atoms with E-state index in [0.717, 1.165) is 29.1 Å². The molecule has 1 aliphatic carbocycles. The molecule has 1 saturated carbocycles. The number of allylic oxidation sites excluding steroid dienone is 1. The Hall–Kier alpha value is -1.06. The van der Waals surface area contributed by atoms with Gasteiger partial charge in [0.05, 0.1) is 13.2 Å². The molecule has 0 spiro atoms. The van der Waals surface area contributed by atoms with E-state index in [2.05, 4.69) is 13.5 Å². The minimum Gasteiger partial charge on any atom is -0.508 e. The van der Waals surface area contributed by atoms with Gasteiger partial charge in [0.25, 0.3) is 0 Å². The number of nitrogens with two attached hydrogens (primary N) is 1. The van der Waals surface area contributed by atoms with Crippen LogP contribution in [0.15, 0.2) is 34.6 Å². The van der Waals surface area contributed by atoms with E-state index in [9.17, 15) is 5.11 Å². The fourth-order valence-corrected chi connectivity index (χ4v) is 2.68. The predicted octanol–water partition coefficient (Wildman–Crippen LogP) is 4.27. The lowest BCUT2D eigenvalue weighted by Crippen LogP contribution is -2.18. The summed E-state index contributed by atoms with van der Waals surface area (Å²) in [4.78, 5) is 0. The molecule has 3 heteroatoms. The number of aliphatic hydroxyl groups is 1. The van der Waals surface area contributed by atoms with Crippen molar-refractivity contribution in [2.75, 3.05) is 19.8 Å². The molecule has 3 N–H and O–H groups in total. The van der Waals surface area contributed by atoms with Crippen molar-refractivity contribution in [3.05, 3.63) is 34.6 Å². The van der Waals surface area contributed by atoms with Crippen LogP contribution in [-0.2, 0) is 4.74 Å². The lowest BCUT2D eigenvalue weighted by atomic mass is 9.84. The van der Waals surface area contributed by atoms with E-state index in [1.165, 1.54) is 31.3 Å². The zero-order valence-electron chi connectivity index (χ0n) is 13.9. The summed E-state index contributed by atoms with van der Waals surface area (Å²) < 4.78 is 5.40. The molecular weight excluding hydrogens is 262 g/mol. The minimum atomic E-state index is 0.0770. The lowest BCUT2D eigenvalue weighted by molar-refractivity contribution is 0.144. The Bertz CT molecular complexity index is 410. The Morgan fingerprint density at radius 2 is 2.00 bits per heavy atom. The third kappa shape index (κ3) is 5.33. The average Bonchev–Trinajstić information content (AvgIpc) is 2.39. The van der Waals surface area contributed by atoms with E-state index in [-0.39, 0.29) is 5.76 Å². The van der Waals surface area contributed by atoms with E-state index >= 15 is 0 Å². The molecule has 2 fully saturated rings. The maximum Gasteiger partial charge on any atom is 0.113 e. The van der Waals surface area contributed by atoms with Crippen LogP contribution in [0.2, 0.25) is 0 Å². The fourth-order valence-electron chi connectivity index (χ4n) is 2.68. The van der Waals surface area contributed by atoms with Gasteiger partial charge in [-0.15, -0.1) is 0 Å². The van der Waals surface area contributed by atoms with Gasteiger partial charge < -0.3 is 15.6 Å². The van der Waals surface area contributed by atoms with Gasteiger partial charge in [0.2, 0.25) is 0 Å². The van der Waals surface area contributed by atoms with Gasteiger partial charge in [0.15, 0.2) is 0 Å². The maximum absolute atomic E-state index is 9.47. The first-order valence-electron chi connectivity index (χ1n) is 8.06. The standard InChI is InChI=1S/C12H19NO2.C6H12/c1-8(2)12-7-15-5-4-10(12)11(6-13)9(3)14;1-2-6-4-3-5-6/h14H,3-7,13H2,1-2H3;6H,2-5H2,1H3/b11-10-;. The fraction of sp³-hybridized carbons (Fsp3) is 0.667. The van der Waals surface area contributed by atoms with Crippen LogP contribution < -0.4 is 5.73 Å². The molecule has 0 aromatic carbocycles. The largest absolute Gasteiger partial charge is 0.508 e. The summed E-state index contributed by atoms with van der Waals surface area (Å²) in [5.74, 6) is 1.19. The molecule has 1 heterocycles. The maximum atomic E-state index is 9.47. The molecule has 120 valence electrons. The van der Waals surface area contributed by atoms with Crippen molar-refractivity contribution < 1.29 is 9.84 Å². The van der Waals surface area contributed by atoms with Crippen LogP contribution in [0.4, 0.5) is 0 Å².